The molecule has 3 aromatic carbocycles. The van der Waals surface area contributed by atoms with E-state index < -0.39 is 23.1 Å². The summed E-state index contributed by atoms with van der Waals surface area (Å²) in [5, 5.41) is 19.4. The molecule has 1 unspecified atom stereocenters. The molecular formula is C28H25ClN2O6. The molecule has 0 bridgehead atoms. The van der Waals surface area contributed by atoms with E-state index in [1.165, 1.54) is 12.1 Å². The minimum atomic E-state index is -1.38. The number of carboxylic acids is 1. The Morgan fingerprint density at radius 1 is 1.14 bits per heavy atom. The Morgan fingerprint density at radius 2 is 1.89 bits per heavy atom. The van der Waals surface area contributed by atoms with Crippen LogP contribution in [-0.2, 0) is 11.3 Å². The lowest BCUT2D eigenvalue weighted by Gasteiger charge is -2.11. The first-order chi connectivity index (χ1) is 17.8. The van der Waals surface area contributed by atoms with Crippen molar-refractivity contribution in [3.8, 4) is 11.5 Å². The first-order valence-electron chi connectivity index (χ1n) is 11.6. The summed E-state index contributed by atoms with van der Waals surface area (Å²) in [5.74, 6) is -1.38. The van der Waals surface area contributed by atoms with Crippen LogP contribution in [0, 0.1) is 0 Å². The number of carbonyl (C=O) groups is 2. The third-order valence-electron chi connectivity index (χ3n) is 5.68. The van der Waals surface area contributed by atoms with Crippen LogP contribution in [0.3, 0.4) is 0 Å². The van der Waals surface area contributed by atoms with Crippen LogP contribution in [0.25, 0.3) is 17.1 Å². The van der Waals surface area contributed by atoms with Crippen LogP contribution in [0.4, 0.5) is 0 Å². The van der Waals surface area contributed by atoms with Gasteiger partial charge >= 0.3 is 5.97 Å². The standard InChI is InChI=1S/C28H25ClN2O6/c1-3-36-16(2)20-8-5-9-23-26(20)31-25(30-23)15-37-19-7-4-6-17(12-19)10-11-24(32)21-13-18(29)14-22(27(21)33)28(34)35/h4-14,16,33H,3,15H2,1-2H3,(H,30,31)(H,34,35). The number of carbonyl (C=O) groups excluding carboxylic acids is 1. The number of nitrogens with zero attached hydrogens (tertiary/aromatic N) is 1. The molecule has 0 aliphatic rings. The van der Waals surface area contributed by atoms with Crippen LogP contribution in [-0.4, -0.2) is 38.5 Å². The van der Waals surface area contributed by atoms with Crippen molar-refractivity contribution in [3.05, 3.63) is 93.8 Å². The zero-order chi connectivity index (χ0) is 26.5. The summed E-state index contributed by atoms with van der Waals surface area (Å²) >= 11 is 5.92. The Hall–Kier alpha value is -4.14. The van der Waals surface area contributed by atoms with Crippen molar-refractivity contribution < 1.29 is 29.3 Å². The Balaban J connectivity index is 1.47. The van der Waals surface area contributed by atoms with Crippen LogP contribution >= 0.6 is 11.6 Å². The summed E-state index contributed by atoms with van der Waals surface area (Å²) in [5.41, 5.74) is 2.77. The van der Waals surface area contributed by atoms with Crippen LogP contribution in [0.1, 0.15) is 57.6 Å². The number of aromatic amines is 1. The molecule has 0 fully saturated rings. The van der Waals surface area contributed by atoms with Gasteiger partial charge in [0.25, 0.3) is 0 Å². The van der Waals surface area contributed by atoms with E-state index in [4.69, 9.17) is 21.1 Å². The predicted octanol–water partition coefficient (Wildman–Crippen LogP) is 6.19. The van der Waals surface area contributed by atoms with Gasteiger partial charge in [-0.15, -0.1) is 0 Å². The van der Waals surface area contributed by atoms with E-state index in [9.17, 15) is 19.8 Å². The van der Waals surface area contributed by atoms with Gasteiger partial charge in [-0.3, -0.25) is 4.79 Å². The molecule has 4 aromatic rings. The second-order valence-corrected chi connectivity index (χ2v) is 8.67. The van der Waals surface area contributed by atoms with Gasteiger partial charge in [-0.1, -0.05) is 41.9 Å². The minimum Gasteiger partial charge on any atom is -0.506 e. The zero-order valence-corrected chi connectivity index (χ0v) is 21.0. The number of para-hydroxylation sites is 1. The molecule has 0 aliphatic heterocycles. The molecule has 0 aliphatic carbocycles. The van der Waals surface area contributed by atoms with Gasteiger partial charge in [-0.2, -0.15) is 0 Å². The van der Waals surface area contributed by atoms with Gasteiger partial charge in [0, 0.05) is 17.2 Å². The number of hydrogen-bond donors (Lipinski definition) is 3. The lowest BCUT2D eigenvalue weighted by atomic mass is 10.0. The van der Waals surface area contributed by atoms with Gasteiger partial charge in [0.05, 0.1) is 22.7 Å². The summed E-state index contributed by atoms with van der Waals surface area (Å²) in [4.78, 5) is 31.8. The fourth-order valence-electron chi connectivity index (χ4n) is 3.91. The fraction of sp³-hybridized carbons (Fsp3) is 0.179. The molecule has 0 radical (unpaired) electrons. The van der Waals surface area contributed by atoms with Crippen LogP contribution in [0.5, 0.6) is 11.5 Å². The molecule has 1 atom stereocenters. The highest BCUT2D eigenvalue weighted by molar-refractivity contribution is 6.31. The molecule has 0 saturated heterocycles. The van der Waals surface area contributed by atoms with Crippen molar-refractivity contribution in [1.82, 2.24) is 9.97 Å². The summed E-state index contributed by atoms with van der Waals surface area (Å²) in [6.45, 7) is 4.76. The number of allylic oxidation sites excluding steroid dienone is 1. The molecule has 3 N–H and O–H groups in total. The number of nitrogens with one attached hydrogen (secondary N) is 1. The van der Waals surface area contributed by atoms with E-state index in [0.29, 0.717) is 23.7 Å². The molecule has 0 spiro atoms. The van der Waals surface area contributed by atoms with Crippen LogP contribution in [0.15, 0.2) is 60.7 Å². The van der Waals surface area contributed by atoms with E-state index in [-0.39, 0.29) is 23.3 Å². The highest BCUT2D eigenvalue weighted by Gasteiger charge is 2.18. The number of fused-ring (bicyclic) bond motifs is 1. The molecule has 37 heavy (non-hydrogen) atoms. The smallest absolute Gasteiger partial charge is 0.339 e. The van der Waals surface area contributed by atoms with E-state index in [1.54, 1.807) is 30.3 Å². The average molecular weight is 521 g/mol. The van der Waals surface area contributed by atoms with Gasteiger partial charge in [0.15, 0.2) is 5.78 Å². The number of hydrogen-bond acceptors (Lipinski definition) is 6. The summed E-state index contributed by atoms with van der Waals surface area (Å²) in [6.07, 6.45) is 2.69. The van der Waals surface area contributed by atoms with Crippen molar-refractivity contribution in [3.63, 3.8) is 0 Å². The normalized spacial score (nSPS) is 12.2. The Kier molecular flexibility index (Phi) is 7.91. The predicted molar refractivity (Wildman–Crippen MR) is 140 cm³/mol. The summed E-state index contributed by atoms with van der Waals surface area (Å²) < 4.78 is 11.6. The third kappa shape index (κ3) is 5.99. The van der Waals surface area contributed by atoms with Crippen molar-refractivity contribution in [1.29, 1.82) is 0 Å². The van der Waals surface area contributed by atoms with Gasteiger partial charge < -0.3 is 24.7 Å². The Morgan fingerprint density at radius 3 is 2.65 bits per heavy atom. The minimum absolute atomic E-state index is 0.0346. The van der Waals surface area contributed by atoms with Gasteiger partial charge in [-0.25, -0.2) is 9.78 Å². The maximum atomic E-state index is 12.6. The Labute approximate surface area is 218 Å². The first-order valence-corrected chi connectivity index (χ1v) is 11.9. The zero-order valence-electron chi connectivity index (χ0n) is 20.2. The number of carboxylic acid groups (broad SMARTS) is 1. The molecule has 1 aromatic heterocycles. The number of ether oxygens (including phenoxy) is 2. The maximum absolute atomic E-state index is 12.6. The summed E-state index contributed by atoms with van der Waals surface area (Å²) in [7, 11) is 0. The number of benzene rings is 3. The second-order valence-electron chi connectivity index (χ2n) is 8.24. The lowest BCUT2D eigenvalue weighted by Crippen LogP contribution is -2.03. The van der Waals surface area contributed by atoms with Gasteiger partial charge in [0.1, 0.15) is 29.5 Å². The molecule has 9 heteroatoms. The van der Waals surface area contributed by atoms with Crippen LogP contribution < -0.4 is 4.74 Å². The van der Waals surface area contributed by atoms with Gasteiger partial charge in [-0.05, 0) is 55.8 Å². The maximum Gasteiger partial charge on any atom is 0.339 e. The monoisotopic (exact) mass is 520 g/mol. The molecule has 1 heterocycles. The van der Waals surface area contributed by atoms with E-state index in [1.807, 2.05) is 32.0 Å². The fourth-order valence-corrected chi connectivity index (χ4v) is 4.13. The number of ketones is 1. The van der Waals surface area contributed by atoms with Crippen molar-refractivity contribution in [2.45, 2.75) is 26.6 Å². The number of imidazole rings is 1. The molecule has 0 amide bonds. The highest BCUT2D eigenvalue weighted by Crippen LogP contribution is 2.29. The van der Waals surface area contributed by atoms with Crippen LogP contribution in [0.2, 0.25) is 5.02 Å². The largest absolute Gasteiger partial charge is 0.506 e. The van der Waals surface area contributed by atoms with E-state index in [0.717, 1.165) is 22.7 Å². The molecule has 8 nitrogen and oxygen atoms in total. The topological polar surface area (TPSA) is 122 Å². The molecule has 190 valence electrons. The second kappa shape index (κ2) is 11.3. The highest BCUT2D eigenvalue weighted by atomic mass is 35.5. The number of rotatable bonds is 10. The summed E-state index contributed by atoms with van der Waals surface area (Å²) in [6, 6.07) is 15.3. The Bertz CT molecular complexity index is 1490. The van der Waals surface area contributed by atoms with Crippen molar-refractivity contribution in [2.75, 3.05) is 6.61 Å². The molecular weight excluding hydrogens is 496 g/mol. The van der Waals surface area contributed by atoms with E-state index >= 15 is 0 Å². The van der Waals surface area contributed by atoms with Crippen molar-refractivity contribution >= 4 is 40.5 Å². The number of phenols is 1. The SMILES string of the molecule is CCOC(C)c1cccc2[nH]c(COc3cccc(C=CC(=O)c4cc(Cl)cc(C(=O)O)c4O)c3)nc12. The first kappa shape index (κ1) is 25.9. The van der Waals surface area contributed by atoms with Gasteiger partial charge in [0.2, 0.25) is 0 Å². The number of halogens is 1. The molecule has 0 saturated carbocycles. The third-order valence-corrected chi connectivity index (χ3v) is 5.90. The molecule has 4 rings (SSSR count). The van der Waals surface area contributed by atoms with E-state index in [2.05, 4.69) is 9.97 Å². The number of aromatic carboxylic acids is 1. The lowest BCUT2D eigenvalue weighted by molar-refractivity contribution is 0.0693. The quantitative estimate of drug-likeness (QED) is 0.168. The number of aromatic nitrogens is 2. The average Bonchev–Trinajstić information content (AvgIpc) is 3.30. The number of H-pyrrole nitrogens is 1. The number of aromatic hydroxyl groups is 1. The van der Waals surface area contributed by atoms with Crippen molar-refractivity contribution in [2.24, 2.45) is 0 Å².